The molecule has 0 spiro atoms. The van der Waals surface area contributed by atoms with E-state index in [1.807, 2.05) is 30.5 Å². The number of halogens is 1. The van der Waals surface area contributed by atoms with Gasteiger partial charge in [-0.2, -0.15) is 0 Å². The predicted molar refractivity (Wildman–Crippen MR) is 99.3 cm³/mol. The number of rotatable bonds is 6. The Morgan fingerprint density at radius 2 is 2.13 bits per heavy atom. The number of nitrogens with zero attached hydrogens (tertiary/aromatic N) is 2. The van der Waals surface area contributed by atoms with Gasteiger partial charge in [-0.3, -0.25) is 0 Å². The van der Waals surface area contributed by atoms with Crippen molar-refractivity contribution >= 4 is 28.9 Å². The van der Waals surface area contributed by atoms with Crippen LogP contribution < -0.4 is 10.6 Å². The summed E-state index contributed by atoms with van der Waals surface area (Å²) in [6, 6.07) is 7.93. The lowest BCUT2D eigenvalue weighted by atomic mass is 10.1. The summed E-state index contributed by atoms with van der Waals surface area (Å²) in [7, 11) is 0. The summed E-state index contributed by atoms with van der Waals surface area (Å²) in [6.07, 6.45) is 2.95. The first-order valence-corrected chi connectivity index (χ1v) is 9.06. The maximum absolute atomic E-state index is 6.26. The van der Waals surface area contributed by atoms with Gasteiger partial charge in [-0.1, -0.05) is 36.7 Å². The highest BCUT2D eigenvalue weighted by Crippen LogP contribution is 2.22. The summed E-state index contributed by atoms with van der Waals surface area (Å²) in [5.41, 5.74) is 1.06. The van der Waals surface area contributed by atoms with Crippen LogP contribution in [0, 0.1) is 0 Å². The molecule has 2 N–H and O–H groups in total. The molecule has 1 unspecified atom stereocenters. The third-order valence-corrected chi connectivity index (χ3v) is 4.86. The Hall–Kier alpha value is -1.59. The molecule has 1 aromatic heterocycles. The van der Waals surface area contributed by atoms with Gasteiger partial charge in [0.05, 0.1) is 12.6 Å². The van der Waals surface area contributed by atoms with E-state index in [1.165, 1.54) is 4.88 Å². The van der Waals surface area contributed by atoms with Gasteiger partial charge in [0.1, 0.15) is 5.01 Å². The SMILES string of the molecule is CCNC(=NCc1ncc(CC)s1)NC(C)c1ccccc1Cl. The number of aryl methyl sites for hydroxylation is 1. The molecular weight excluding hydrogens is 328 g/mol. The van der Waals surface area contributed by atoms with Gasteiger partial charge in [0.2, 0.25) is 0 Å². The number of hydrogen-bond donors (Lipinski definition) is 2. The molecule has 0 saturated carbocycles. The van der Waals surface area contributed by atoms with Crippen molar-refractivity contribution in [3.63, 3.8) is 0 Å². The summed E-state index contributed by atoms with van der Waals surface area (Å²) >= 11 is 7.98. The Morgan fingerprint density at radius 1 is 1.35 bits per heavy atom. The Kier molecular flexibility index (Phi) is 6.86. The van der Waals surface area contributed by atoms with Crippen molar-refractivity contribution in [2.75, 3.05) is 6.54 Å². The average molecular weight is 351 g/mol. The van der Waals surface area contributed by atoms with E-state index in [-0.39, 0.29) is 6.04 Å². The fraction of sp³-hybridized carbons (Fsp3) is 0.412. The van der Waals surface area contributed by atoms with Gasteiger partial charge in [0, 0.05) is 22.6 Å². The van der Waals surface area contributed by atoms with Gasteiger partial charge >= 0.3 is 0 Å². The molecule has 0 fully saturated rings. The highest BCUT2D eigenvalue weighted by Gasteiger charge is 2.11. The predicted octanol–water partition coefficient (Wildman–Crippen LogP) is 4.18. The third kappa shape index (κ3) is 5.22. The lowest BCUT2D eigenvalue weighted by Gasteiger charge is -2.19. The number of aromatic nitrogens is 1. The van der Waals surface area contributed by atoms with Crippen molar-refractivity contribution < 1.29 is 0 Å². The lowest BCUT2D eigenvalue weighted by Crippen LogP contribution is -2.38. The van der Waals surface area contributed by atoms with E-state index in [2.05, 4.69) is 41.4 Å². The van der Waals surface area contributed by atoms with Crippen LogP contribution in [0.5, 0.6) is 0 Å². The van der Waals surface area contributed by atoms with Crippen LogP contribution in [-0.4, -0.2) is 17.5 Å². The average Bonchev–Trinajstić information content (AvgIpc) is 3.01. The van der Waals surface area contributed by atoms with Crippen LogP contribution in [0.2, 0.25) is 5.02 Å². The number of nitrogens with one attached hydrogen (secondary N) is 2. The zero-order valence-corrected chi connectivity index (χ0v) is 15.3. The summed E-state index contributed by atoms with van der Waals surface area (Å²) in [5.74, 6) is 0.771. The quantitative estimate of drug-likeness (QED) is 0.607. The van der Waals surface area contributed by atoms with Gasteiger partial charge in [-0.25, -0.2) is 9.98 Å². The van der Waals surface area contributed by atoms with Crippen LogP contribution in [0.4, 0.5) is 0 Å². The van der Waals surface area contributed by atoms with Crippen LogP contribution in [0.1, 0.15) is 42.3 Å². The highest BCUT2D eigenvalue weighted by molar-refractivity contribution is 7.11. The molecule has 124 valence electrons. The first-order valence-electron chi connectivity index (χ1n) is 7.86. The van der Waals surface area contributed by atoms with Crippen molar-refractivity contribution in [2.45, 2.75) is 39.8 Å². The Labute approximate surface area is 147 Å². The second-order valence-corrected chi connectivity index (χ2v) is 6.76. The van der Waals surface area contributed by atoms with E-state index in [0.717, 1.165) is 34.5 Å². The summed E-state index contributed by atoms with van der Waals surface area (Å²) in [5, 5.41) is 8.46. The van der Waals surface area contributed by atoms with Crippen molar-refractivity contribution in [1.29, 1.82) is 0 Å². The molecule has 1 heterocycles. The van der Waals surface area contributed by atoms with Gasteiger partial charge in [-0.15, -0.1) is 11.3 Å². The van der Waals surface area contributed by atoms with Crippen LogP contribution in [-0.2, 0) is 13.0 Å². The second kappa shape index (κ2) is 8.89. The van der Waals surface area contributed by atoms with Crippen LogP contribution in [0.15, 0.2) is 35.5 Å². The number of benzene rings is 1. The standard InChI is InChI=1S/C17H23ClN4S/c1-4-13-10-20-16(23-13)11-21-17(19-5-2)22-12(3)14-8-6-7-9-15(14)18/h6-10,12H,4-5,11H2,1-3H3,(H2,19,21,22). The van der Waals surface area contributed by atoms with E-state index >= 15 is 0 Å². The van der Waals surface area contributed by atoms with E-state index < -0.39 is 0 Å². The molecule has 0 radical (unpaired) electrons. The first-order chi connectivity index (χ1) is 11.1. The smallest absolute Gasteiger partial charge is 0.192 e. The third-order valence-electron chi connectivity index (χ3n) is 3.39. The van der Waals surface area contributed by atoms with E-state index in [0.29, 0.717) is 6.54 Å². The minimum atomic E-state index is 0.0731. The fourth-order valence-electron chi connectivity index (χ4n) is 2.16. The topological polar surface area (TPSA) is 49.3 Å². The molecule has 2 aromatic rings. The number of hydrogen-bond acceptors (Lipinski definition) is 3. The zero-order chi connectivity index (χ0) is 16.7. The van der Waals surface area contributed by atoms with Gasteiger partial charge < -0.3 is 10.6 Å². The van der Waals surface area contributed by atoms with Crippen LogP contribution in [0.3, 0.4) is 0 Å². The Balaban J connectivity index is 2.05. The maximum Gasteiger partial charge on any atom is 0.192 e. The largest absolute Gasteiger partial charge is 0.357 e. The van der Waals surface area contributed by atoms with Gasteiger partial charge in [-0.05, 0) is 31.9 Å². The Morgan fingerprint density at radius 3 is 2.78 bits per heavy atom. The molecule has 6 heteroatoms. The molecular formula is C17H23ClN4S. The summed E-state index contributed by atoms with van der Waals surface area (Å²) < 4.78 is 0. The lowest BCUT2D eigenvalue weighted by molar-refractivity contribution is 0.686. The molecule has 1 aromatic carbocycles. The van der Waals surface area contributed by atoms with Crippen molar-refractivity contribution in [3.05, 3.63) is 50.9 Å². The van der Waals surface area contributed by atoms with E-state index in [9.17, 15) is 0 Å². The molecule has 0 aliphatic carbocycles. The minimum absolute atomic E-state index is 0.0731. The van der Waals surface area contributed by atoms with Crippen molar-refractivity contribution in [2.24, 2.45) is 4.99 Å². The monoisotopic (exact) mass is 350 g/mol. The van der Waals surface area contributed by atoms with E-state index in [1.54, 1.807) is 11.3 Å². The molecule has 0 aliphatic rings. The number of thiazole rings is 1. The molecule has 0 bridgehead atoms. The minimum Gasteiger partial charge on any atom is -0.357 e. The summed E-state index contributed by atoms with van der Waals surface area (Å²) in [6.45, 7) is 7.65. The summed E-state index contributed by atoms with van der Waals surface area (Å²) in [4.78, 5) is 10.3. The number of aliphatic imine (C=N–C) groups is 1. The Bertz CT molecular complexity index is 654. The zero-order valence-electron chi connectivity index (χ0n) is 13.8. The van der Waals surface area contributed by atoms with Crippen molar-refractivity contribution in [1.82, 2.24) is 15.6 Å². The molecule has 0 aliphatic heterocycles. The molecule has 23 heavy (non-hydrogen) atoms. The first kappa shape index (κ1) is 17.8. The second-order valence-electron chi connectivity index (χ2n) is 5.16. The molecule has 0 amide bonds. The number of guanidine groups is 1. The molecule has 4 nitrogen and oxygen atoms in total. The normalized spacial score (nSPS) is 13.0. The van der Waals surface area contributed by atoms with Crippen LogP contribution in [0.25, 0.3) is 0 Å². The van der Waals surface area contributed by atoms with Crippen LogP contribution >= 0.6 is 22.9 Å². The van der Waals surface area contributed by atoms with Gasteiger partial charge in [0.25, 0.3) is 0 Å². The molecule has 0 saturated heterocycles. The highest BCUT2D eigenvalue weighted by atomic mass is 35.5. The molecule has 2 rings (SSSR count). The fourth-order valence-corrected chi connectivity index (χ4v) is 3.25. The van der Waals surface area contributed by atoms with Gasteiger partial charge in [0.15, 0.2) is 5.96 Å². The molecule has 1 atom stereocenters. The van der Waals surface area contributed by atoms with E-state index in [4.69, 9.17) is 11.6 Å². The van der Waals surface area contributed by atoms with Crippen molar-refractivity contribution in [3.8, 4) is 0 Å². The maximum atomic E-state index is 6.26.